The van der Waals surface area contributed by atoms with Crippen LogP contribution in [0.4, 0.5) is 0 Å². The maximum absolute atomic E-state index is 11.9. The molecule has 2 rings (SSSR count). The number of nitrogens with zero attached hydrogens (tertiary/aromatic N) is 2. The maximum atomic E-state index is 11.9. The van der Waals surface area contributed by atoms with Crippen molar-refractivity contribution < 1.29 is 4.79 Å². The molecule has 1 N–H and O–H groups in total. The van der Waals surface area contributed by atoms with E-state index >= 15 is 0 Å². The molecule has 0 aliphatic rings. The topological polar surface area (TPSA) is 64.0 Å². The quantitative estimate of drug-likeness (QED) is 0.778. The molecular formula is C11H11N3O2. The predicted molar refractivity (Wildman–Crippen MR) is 60.1 cm³/mol. The maximum Gasteiger partial charge on any atom is 0.275 e. The summed E-state index contributed by atoms with van der Waals surface area (Å²) in [6, 6.07) is 7.16. The Hall–Kier alpha value is -2.17. The first-order chi connectivity index (χ1) is 7.72. The van der Waals surface area contributed by atoms with E-state index < -0.39 is 0 Å². The van der Waals surface area contributed by atoms with E-state index in [1.54, 1.807) is 18.3 Å². The fraction of sp³-hybridized carbons (Fsp3) is 0.182. The van der Waals surface area contributed by atoms with Gasteiger partial charge in [0.2, 0.25) is 5.91 Å². The summed E-state index contributed by atoms with van der Waals surface area (Å²) in [4.78, 5) is 23.1. The molecular weight excluding hydrogens is 206 g/mol. The highest BCUT2D eigenvalue weighted by atomic mass is 16.2. The zero-order valence-electron chi connectivity index (χ0n) is 8.80. The molecule has 1 aromatic heterocycles. The highest BCUT2D eigenvalue weighted by Gasteiger charge is 2.06. The lowest BCUT2D eigenvalue weighted by atomic mass is 10.2. The first-order valence-corrected chi connectivity index (χ1v) is 4.88. The lowest BCUT2D eigenvalue weighted by Crippen LogP contribution is -2.31. The Labute approximate surface area is 91.7 Å². The van der Waals surface area contributed by atoms with Gasteiger partial charge in [-0.2, -0.15) is 5.10 Å². The second kappa shape index (κ2) is 4.14. The number of carbonyl (C=O) groups excluding carboxylic acids is 1. The van der Waals surface area contributed by atoms with E-state index in [0.29, 0.717) is 5.39 Å². The van der Waals surface area contributed by atoms with Crippen LogP contribution in [0.5, 0.6) is 0 Å². The zero-order valence-corrected chi connectivity index (χ0v) is 8.80. The largest absolute Gasteiger partial charge is 0.358 e. The van der Waals surface area contributed by atoms with Crippen molar-refractivity contribution in [2.75, 3.05) is 7.05 Å². The average molecular weight is 217 g/mol. The van der Waals surface area contributed by atoms with Crippen LogP contribution in [-0.4, -0.2) is 22.7 Å². The number of amides is 1. The summed E-state index contributed by atoms with van der Waals surface area (Å²) in [5.41, 5.74) is -0.248. The normalized spacial score (nSPS) is 10.3. The molecule has 0 aliphatic heterocycles. The molecule has 0 saturated heterocycles. The summed E-state index contributed by atoms with van der Waals surface area (Å²) in [5.74, 6) is -0.245. The molecule has 1 aromatic carbocycles. The van der Waals surface area contributed by atoms with Gasteiger partial charge in [0.25, 0.3) is 5.56 Å². The van der Waals surface area contributed by atoms with Crippen molar-refractivity contribution in [3.8, 4) is 0 Å². The fourth-order valence-electron chi connectivity index (χ4n) is 1.46. The Morgan fingerprint density at radius 2 is 2.19 bits per heavy atom. The third kappa shape index (κ3) is 1.79. The van der Waals surface area contributed by atoms with Crippen LogP contribution in [0, 0.1) is 0 Å². The van der Waals surface area contributed by atoms with Gasteiger partial charge >= 0.3 is 0 Å². The molecule has 0 radical (unpaired) electrons. The second-order valence-electron chi connectivity index (χ2n) is 3.37. The summed E-state index contributed by atoms with van der Waals surface area (Å²) in [6.07, 6.45) is 1.58. The van der Waals surface area contributed by atoms with E-state index in [9.17, 15) is 9.59 Å². The lowest BCUT2D eigenvalue weighted by Gasteiger charge is -2.04. The van der Waals surface area contributed by atoms with Gasteiger partial charge in [-0.3, -0.25) is 9.59 Å². The molecule has 2 aromatic rings. The molecule has 0 saturated carbocycles. The van der Waals surface area contributed by atoms with Gasteiger partial charge in [-0.05, 0) is 6.07 Å². The van der Waals surface area contributed by atoms with Crippen LogP contribution in [0.3, 0.4) is 0 Å². The van der Waals surface area contributed by atoms with Gasteiger partial charge in [0, 0.05) is 12.4 Å². The van der Waals surface area contributed by atoms with Crippen LogP contribution in [0.15, 0.2) is 35.3 Å². The average Bonchev–Trinajstić information content (AvgIpc) is 2.33. The first kappa shape index (κ1) is 10.4. The Balaban J connectivity index is 2.53. The Kier molecular flexibility index (Phi) is 2.68. The van der Waals surface area contributed by atoms with Gasteiger partial charge in [-0.1, -0.05) is 18.2 Å². The van der Waals surface area contributed by atoms with Crippen molar-refractivity contribution in [1.82, 2.24) is 15.1 Å². The number of benzene rings is 1. The number of hydrogen-bond acceptors (Lipinski definition) is 3. The summed E-state index contributed by atoms with van der Waals surface area (Å²) in [7, 11) is 1.52. The zero-order chi connectivity index (χ0) is 11.5. The van der Waals surface area contributed by atoms with Gasteiger partial charge in [0.1, 0.15) is 6.54 Å². The van der Waals surface area contributed by atoms with Crippen LogP contribution in [-0.2, 0) is 11.3 Å². The van der Waals surface area contributed by atoms with Crippen molar-refractivity contribution >= 4 is 16.7 Å². The van der Waals surface area contributed by atoms with Crippen LogP contribution in [0.2, 0.25) is 0 Å². The SMILES string of the molecule is CNC(=O)Cn1ncc2ccccc2c1=O. The fourth-order valence-corrected chi connectivity index (χ4v) is 1.46. The molecule has 5 nitrogen and oxygen atoms in total. The van der Waals surface area contributed by atoms with Gasteiger partial charge < -0.3 is 5.32 Å². The number of fused-ring (bicyclic) bond motifs is 1. The van der Waals surface area contributed by atoms with E-state index in [2.05, 4.69) is 10.4 Å². The van der Waals surface area contributed by atoms with Crippen LogP contribution < -0.4 is 10.9 Å². The summed E-state index contributed by atoms with van der Waals surface area (Å²) < 4.78 is 1.15. The molecule has 0 unspecified atom stereocenters. The molecule has 1 amide bonds. The van der Waals surface area contributed by atoms with E-state index in [4.69, 9.17) is 0 Å². The van der Waals surface area contributed by atoms with Gasteiger partial charge in [-0.15, -0.1) is 0 Å². The van der Waals surface area contributed by atoms with Crippen molar-refractivity contribution in [2.24, 2.45) is 0 Å². The van der Waals surface area contributed by atoms with Gasteiger partial charge in [0.05, 0.1) is 11.6 Å². The number of rotatable bonds is 2. The van der Waals surface area contributed by atoms with Crippen molar-refractivity contribution in [3.63, 3.8) is 0 Å². The Bertz CT molecular complexity index is 589. The molecule has 82 valence electrons. The summed E-state index contributed by atoms with van der Waals surface area (Å²) in [5, 5.41) is 7.74. The van der Waals surface area contributed by atoms with Crippen LogP contribution in [0.25, 0.3) is 10.8 Å². The second-order valence-corrected chi connectivity index (χ2v) is 3.37. The standard InChI is InChI=1S/C11H11N3O2/c1-12-10(15)7-14-11(16)9-5-3-2-4-8(9)6-13-14/h2-6H,7H2,1H3,(H,12,15). The van der Waals surface area contributed by atoms with Crippen LogP contribution in [0.1, 0.15) is 0 Å². The molecule has 16 heavy (non-hydrogen) atoms. The highest BCUT2D eigenvalue weighted by molar-refractivity contribution is 5.81. The van der Waals surface area contributed by atoms with E-state index in [0.717, 1.165) is 10.1 Å². The van der Waals surface area contributed by atoms with Gasteiger partial charge in [0.15, 0.2) is 0 Å². The number of likely N-dealkylation sites (N-methyl/N-ethyl adjacent to an activating group) is 1. The molecule has 0 bridgehead atoms. The molecule has 0 spiro atoms. The number of aromatic nitrogens is 2. The van der Waals surface area contributed by atoms with Crippen LogP contribution >= 0.6 is 0 Å². The molecule has 5 heteroatoms. The minimum absolute atomic E-state index is 0.0554. The van der Waals surface area contributed by atoms with E-state index in [1.165, 1.54) is 7.05 Å². The smallest absolute Gasteiger partial charge is 0.275 e. The van der Waals surface area contributed by atoms with E-state index in [-0.39, 0.29) is 18.0 Å². The predicted octanol–water partition coefficient (Wildman–Crippen LogP) is 0.142. The Morgan fingerprint density at radius 3 is 2.94 bits per heavy atom. The third-order valence-electron chi connectivity index (χ3n) is 2.33. The van der Waals surface area contributed by atoms with Crippen molar-refractivity contribution in [3.05, 3.63) is 40.8 Å². The lowest BCUT2D eigenvalue weighted by molar-refractivity contribution is -0.121. The van der Waals surface area contributed by atoms with Crippen molar-refractivity contribution in [2.45, 2.75) is 6.54 Å². The number of hydrogen-bond donors (Lipinski definition) is 1. The molecule has 0 aliphatic carbocycles. The number of carbonyl (C=O) groups is 1. The Morgan fingerprint density at radius 1 is 1.44 bits per heavy atom. The molecule has 1 heterocycles. The van der Waals surface area contributed by atoms with Crippen molar-refractivity contribution in [1.29, 1.82) is 0 Å². The van der Waals surface area contributed by atoms with Gasteiger partial charge in [-0.25, -0.2) is 4.68 Å². The third-order valence-corrected chi connectivity index (χ3v) is 2.33. The summed E-state index contributed by atoms with van der Waals surface area (Å²) >= 11 is 0. The minimum atomic E-state index is -0.248. The molecule has 0 fully saturated rings. The highest BCUT2D eigenvalue weighted by Crippen LogP contribution is 2.05. The number of nitrogens with one attached hydrogen (secondary N) is 1. The minimum Gasteiger partial charge on any atom is -0.358 e. The first-order valence-electron chi connectivity index (χ1n) is 4.88. The van der Waals surface area contributed by atoms with E-state index in [1.807, 2.05) is 12.1 Å². The summed E-state index contributed by atoms with van der Waals surface area (Å²) in [6.45, 7) is -0.0554. The molecule has 0 atom stereocenters. The monoisotopic (exact) mass is 217 g/mol.